The molecule has 0 saturated carbocycles. The molecular weight excluding hydrogens is 217 g/mol. The van der Waals surface area contributed by atoms with E-state index in [0.29, 0.717) is 16.8 Å². The number of carbonyl (C=O) groups excluding carboxylic acids is 1. The van der Waals surface area contributed by atoms with Gasteiger partial charge in [-0.2, -0.15) is 0 Å². The first kappa shape index (κ1) is 11.3. The van der Waals surface area contributed by atoms with Gasteiger partial charge in [0.25, 0.3) is 0 Å². The summed E-state index contributed by atoms with van der Waals surface area (Å²) in [5.74, 6) is -0.680. The zero-order valence-electron chi connectivity index (χ0n) is 9.41. The Labute approximate surface area is 98.9 Å². The maximum atomic E-state index is 13.5. The quantitative estimate of drug-likeness (QED) is 0.635. The molecule has 2 aromatic rings. The van der Waals surface area contributed by atoms with Crippen LogP contribution in [0.3, 0.4) is 0 Å². The van der Waals surface area contributed by atoms with Crippen LogP contribution in [-0.4, -0.2) is 5.78 Å². The first-order valence-corrected chi connectivity index (χ1v) is 5.25. The molecule has 17 heavy (non-hydrogen) atoms. The van der Waals surface area contributed by atoms with Crippen LogP contribution in [0, 0.1) is 12.7 Å². The highest BCUT2D eigenvalue weighted by Crippen LogP contribution is 2.19. The summed E-state index contributed by atoms with van der Waals surface area (Å²) < 4.78 is 13.5. The summed E-state index contributed by atoms with van der Waals surface area (Å²) >= 11 is 0. The Morgan fingerprint density at radius 1 is 1.12 bits per heavy atom. The summed E-state index contributed by atoms with van der Waals surface area (Å²) in [5, 5.41) is 0. The highest BCUT2D eigenvalue weighted by molar-refractivity contribution is 6.09. The molecule has 0 saturated heterocycles. The van der Waals surface area contributed by atoms with E-state index >= 15 is 0 Å². The highest BCUT2D eigenvalue weighted by Gasteiger charge is 2.12. The lowest BCUT2D eigenvalue weighted by molar-refractivity contribution is 0.103. The zero-order valence-corrected chi connectivity index (χ0v) is 9.41. The number of halogens is 1. The number of benzene rings is 2. The SMILES string of the molecule is Cc1c(N)cc(C(=O)c2ccccc2)cc1F. The van der Waals surface area contributed by atoms with Crippen molar-refractivity contribution >= 4 is 11.5 Å². The second kappa shape index (κ2) is 4.37. The summed E-state index contributed by atoms with van der Waals surface area (Å²) in [5.41, 5.74) is 7.11. The third-order valence-corrected chi connectivity index (χ3v) is 2.68. The Kier molecular flexibility index (Phi) is 2.91. The molecule has 0 amide bonds. The van der Waals surface area contributed by atoms with Crippen molar-refractivity contribution in [3.8, 4) is 0 Å². The van der Waals surface area contributed by atoms with Crippen molar-refractivity contribution in [3.63, 3.8) is 0 Å². The van der Waals surface area contributed by atoms with Crippen molar-refractivity contribution in [2.24, 2.45) is 0 Å². The minimum absolute atomic E-state index is 0.226. The van der Waals surface area contributed by atoms with Gasteiger partial charge in [-0.25, -0.2) is 4.39 Å². The molecule has 0 fully saturated rings. The molecule has 0 aliphatic heterocycles. The fourth-order valence-electron chi connectivity index (χ4n) is 1.59. The number of nitrogen functional groups attached to an aromatic ring is 1. The Hall–Kier alpha value is -2.16. The van der Waals surface area contributed by atoms with Gasteiger partial charge in [0, 0.05) is 22.4 Å². The molecule has 0 aliphatic rings. The molecule has 2 rings (SSSR count). The fraction of sp³-hybridized carbons (Fsp3) is 0.0714. The molecule has 0 heterocycles. The third-order valence-electron chi connectivity index (χ3n) is 2.68. The minimum atomic E-state index is -0.454. The van der Waals surface area contributed by atoms with E-state index in [-0.39, 0.29) is 11.3 Å². The summed E-state index contributed by atoms with van der Waals surface area (Å²) in [4.78, 5) is 12.0. The fourth-order valence-corrected chi connectivity index (χ4v) is 1.59. The molecule has 2 N–H and O–H groups in total. The van der Waals surface area contributed by atoms with Gasteiger partial charge in [0.15, 0.2) is 5.78 Å². The van der Waals surface area contributed by atoms with Gasteiger partial charge in [0.2, 0.25) is 0 Å². The number of hydrogen-bond acceptors (Lipinski definition) is 2. The van der Waals surface area contributed by atoms with Crippen molar-refractivity contribution in [2.75, 3.05) is 5.73 Å². The Morgan fingerprint density at radius 2 is 1.76 bits per heavy atom. The maximum Gasteiger partial charge on any atom is 0.193 e. The Morgan fingerprint density at radius 3 is 2.35 bits per heavy atom. The smallest absolute Gasteiger partial charge is 0.193 e. The van der Waals surface area contributed by atoms with Gasteiger partial charge < -0.3 is 5.73 Å². The first-order chi connectivity index (χ1) is 8.09. The zero-order chi connectivity index (χ0) is 12.4. The Bertz CT molecular complexity index is 541. The van der Waals surface area contributed by atoms with Crippen LogP contribution >= 0.6 is 0 Å². The third kappa shape index (κ3) is 2.18. The molecule has 0 radical (unpaired) electrons. The highest BCUT2D eigenvalue weighted by atomic mass is 19.1. The average molecular weight is 229 g/mol. The van der Waals surface area contributed by atoms with Crippen LogP contribution in [0.4, 0.5) is 10.1 Å². The van der Waals surface area contributed by atoms with Gasteiger partial charge in [-0.05, 0) is 19.1 Å². The predicted molar refractivity (Wildman–Crippen MR) is 65.4 cm³/mol. The monoisotopic (exact) mass is 229 g/mol. The number of nitrogens with two attached hydrogens (primary N) is 1. The number of ketones is 1. The van der Waals surface area contributed by atoms with E-state index in [2.05, 4.69) is 0 Å². The molecule has 0 atom stereocenters. The van der Waals surface area contributed by atoms with Crippen LogP contribution in [0.1, 0.15) is 21.5 Å². The van der Waals surface area contributed by atoms with Crippen molar-refractivity contribution in [3.05, 3.63) is 65.0 Å². The molecule has 2 aromatic carbocycles. The number of hydrogen-bond donors (Lipinski definition) is 1. The van der Waals surface area contributed by atoms with E-state index < -0.39 is 5.82 Å². The lowest BCUT2D eigenvalue weighted by Crippen LogP contribution is -2.04. The van der Waals surface area contributed by atoms with Crippen molar-refractivity contribution in [1.82, 2.24) is 0 Å². The molecule has 0 unspecified atom stereocenters. The number of carbonyl (C=O) groups is 1. The Balaban J connectivity index is 2.45. The van der Waals surface area contributed by atoms with E-state index in [1.807, 2.05) is 6.07 Å². The van der Waals surface area contributed by atoms with Crippen molar-refractivity contribution in [1.29, 1.82) is 0 Å². The van der Waals surface area contributed by atoms with Gasteiger partial charge in [0.05, 0.1) is 0 Å². The van der Waals surface area contributed by atoms with Crippen LogP contribution in [-0.2, 0) is 0 Å². The van der Waals surface area contributed by atoms with E-state index in [9.17, 15) is 9.18 Å². The van der Waals surface area contributed by atoms with Crippen LogP contribution in [0.5, 0.6) is 0 Å². The van der Waals surface area contributed by atoms with Crippen molar-refractivity contribution < 1.29 is 9.18 Å². The van der Waals surface area contributed by atoms with Gasteiger partial charge in [-0.3, -0.25) is 4.79 Å². The summed E-state index contributed by atoms with van der Waals surface area (Å²) in [6.45, 7) is 1.58. The molecule has 3 heteroatoms. The minimum Gasteiger partial charge on any atom is -0.398 e. The van der Waals surface area contributed by atoms with E-state index in [0.717, 1.165) is 0 Å². The van der Waals surface area contributed by atoms with Crippen LogP contribution in [0.25, 0.3) is 0 Å². The van der Waals surface area contributed by atoms with Crippen LogP contribution in [0.2, 0.25) is 0 Å². The molecule has 2 nitrogen and oxygen atoms in total. The molecule has 0 bridgehead atoms. The van der Waals surface area contributed by atoms with Crippen LogP contribution in [0.15, 0.2) is 42.5 Å². The van der Waals surface area contributed by atoms with Gasteiger partial charge in [-0.15, -0.1) is 0 Å². The lowest BCUT2D eigenvalue weighted by atomic mass is 10.0. The largest absolute Gasteiger partial charge is 0.398 e. The maximum absolute atomic E-state index is 13.5. The van der Waals surface area contributed by atoms with E-state index in [1.54, 1.807) is 31.2 Å². The van der Waals surface area contributed by atoms with Gasteiger partial charge in [-0.1, -0.05) is 30.3 Å². The second-order valence-electron chi connectivity index (χ2n) is 3.87. The molecule has 0 aromatic heterocycles. The average Bonchev–Trinajstić information content (AvgIpc) is 2.35. The summed E-state index contributed by atoms with van der Waals surface area (Å²) in [6.07, 6.45) is 0. The molecule has 86 valence electrons. The molecule has 0 aliphatic carbocycles. The van der Waals surface area contributed by atoms with Crippen LogP contribution < -0.4 is 5.73 Å². The standard InChI is InChI=1S/C14H12FNO/c1-9-12(15)7-11(8-13(9)16)14(17)10-5-3-2-4-6-10/h2-8H,16H2,1H3. The van der Waals surface area contributed by atoms with Crippen molar-refractivity contribution in [2.45, 2.75) is 6.92 Å². The normalized spacial score (nSPS) is 10.2. The second-order valence-corrected chi connectivity index (χ2v) is 3.87. The molecule has 0 spiro atoms. The number of rotatable bonds is 2. The molecular formula is C14H12FNO. The van der Waals surface area contributed by atoms with Gasteiger partial charge in [0.1, 0.15) is 5.82 Å². The van der Waals surface area contributed by atoms with Gasteiger partial charge >= 0.3 is 0 Å². The van der Waals surface area contributed by atoms with E-state index in [1.165, 1.54) is 12.1 Å². The number of anilines is 1. The first-order valence-electron chi connectivity index (χ1n) is 5.25. The predicted octanol–water partition coefficient (Wildman–Crippen LogP) is 2.95. The summed E-state index contributed by atoms with van der Waals surface area (Å²) in [7, 11) is 0. The summed E-state index contributed by atoms with van der Waals surface area (Å²) in [6, 6.07) is 11.5. The van der Waals surface area contributed by atoms with E-state index in [4.69, 9.17) is 5.73 Å². The topological polar surface area (TPSA) is 43.1 Å². The lowest BCUT2D eigenvalue weighted by Gasteiger charge is -2.06.